The van der Waals surface area contributed by atoms with E-state index in [1.54, 1.807) is 6.92 Å². The van der Waals surface area contributed by atoms with Gasteiger partial charge in [0.25, 0.3) is 0 Å². The van der Waals surface area contributed by atoms with Crippen LogP contribution in [-0.2, 0) is 25.5 Å². The average molecular weight is 479 g/mol. The molecule has 0 amide bonds. The van der Waals surface area contributed by atoms with Gasteiger partial charge in [0.1, 0.15) is 13.2 Å². The van der Waals surface area contributed by atoms with Gasteiger partial charge in [0.05, 0.1) is 17.1 Å². The molecule has 0 heterocycles. The Balaban J connectivity index is 2.13. The maximum Gasteiger partial charge on any atom is 0.336 e. The largest absolute Gasteiger partial charge is 0.462 e. The molecule has 188 valence electrons. The fourth-order valence-electron chi connectivity index (χ4n) is 3.44. The molecule has 0 aliphatic carbocycles. The second-order valence-electron chi connectivity index (χ2n) is 9.49. The molecule has 0 spiro atoms. The predicted octanol–water partition coefficient (Wildman–Crippen LogP) is 6.16. The van der Waals surface area contributed by atoms with Crippen LogP contribution in [0.15, 0.2) is 72.8 Å². The monoisotopic (exact) mass is 478 g/mol. The third kappa shape index (κ3) is 8.84. The van der Waals surface area contributed by atoms with Gasteiger partial charge in [-0.05, 0) is 55.9 Å². The van der Waals surface area contributed by atoms with E-state index in [9.17, 15) is 14.7 Å². The van der Waals surface area contributed by atoms with Crippen molar-refractivity contribution in [3.8, 4) is 11.1 Å². The molecule has 0 aromatic heterocycles. The molecular weight excluding hydrogens is 440 g/mol. The first-order valence-electron chi connectivity index (χ1n) is 12.1. The van der Waals surface area contributed by atoms with Crippen LogP contribution in [-0.4, -0.2) is 35.9 Å². The summed E-state index contributed by atoms with van der Waals surface area (Å²) >= 11 is 0. The number of benzene rings is 2. The molecule has 0 saturated carbocycles. The van der Waals surface area contributed by atoms with Crippen LogP contribution in [0.2, 0.25) is 0 Å². The van der Waals surface area contributed by atoms with E-state index in [1.165, 1.54) is 38.7 Å². The summed E-state index contributed by atoms with van der Waals surface area (Å²) in [4.78, 5) is 24.2. The molecule has 1 atom stereocenters. The van der Waals surface area contributed by atoms with E-state index in [4.69, 9.17) is 9.47 Å². The molecule has 1 N–H and O–H groups in total. The zero-order valence-electron chi connectivity index (χ0n) is 21.4. The summed E-state index contributed by atoms with van der Waals surface area (Å²) in [6.07, 6.45) is 4.75. The molecule has 1 unspecified atom stereocenters. The van der Waals surface area contributed by atoms with Crippen LogP contribution in [0.25, 0.3) is 11.1 Å². The number of aryl methyl sites for hydroxylation is 1. The molecule has 0 radical (unpaired) electrons. The molecule has 2 aromatic rings. The lowest BCUT2D eigenvalue weighted by Crippen LogP contribution is -2.29. The lowest BCUT2D eigenvalue weighted by molar-refractivity contribution is -0.143. The third-order valence-corrected chi connectivity index (χ3v) is 5.90. The lowest BCUT2D eigenvalue weighted by atomic mass is 9.96. The van der Waals surface area contributed by atoms with E-state index in [0.29, 0.717) is 5.57 Å². The Morgan fingerprint density at radius 3 is 1.89 bits per heavy atom. The van der Waals surface area contributed by atoms with Gasteiger partial charge >= 0.3 is 11.9 Å². The first-order chi connectivity index (χ1) is 16.5. The standard InChI is InChI=1S/C30H38O5/c1-7-8-9-10-23-11-13-24(14-12-23)25-15-17-26(18-16-25)27(19-34-28(31)21(2)3)20-35-29(32)22(4)30(5,6)33/h11-18,27,33H,2,4,7-10,19-20H2,1,3,5-6H3. The van der Waals surface area contributed by atoms with Crippen LogP contribution < -0.4 is 0 Å². The number of rotatable bonds is 13. The van der Waals surface area contributed by atoms with E-state index < -0.39 is 17.5 Å². The molecule has 2 aromatic carbocycles. The highest BCUT2D eigenvalue weighted by Gasteiger charge is 2.26. The zero-order valence-corrected chi connectivity index (χ0v) is 21.4. The van der Waals surface area contributed by atoms with Crippen LogP contribution in [0.5, 0.6) is 0 Å². The Hall–Kier alpha value is -3.18. The van der Waals surface area contributed by atoms with E-state index in [0.717, 1.165) is 23.1 Å². The van der Waals surface area contributed by atoms with Crippen LogP contribution in [0.1, 0.15) is 64.0 Å². The van der Waals surface area contributed by atoms with Gasteiger partial charge in [-0.2, -0.15) is 0 Å². The number of aliphatic hydroxyl groups is 1. The summed E-state index contributed by atoms with van der Waals surface area (Å²) in [5, 5.41) is 10.0. The molecule has 0 fully saturated rings. The fourth-order valence-corrected chi connectivity index (χ4v) is 3.44. The first-order valence-corrected chi connectivity index (χ1v) is 12.1. The molecule has 35 heavy (non-hydrogen) atoms. The summed E-state index contributed by atoms with van der Waals surface area (Å²) in [6.45, 7) is 14.0. The number of hydrogen-bond acceptors (Lipinski definition) is 5. The van der Waals surface area contributed by atoms with Crippen LogP contribution in [0.3, 0.4) is 0 Å². The number of carbonyl (C=O) groups excluding carboxylic acids is 2. The van der Waals surface area contributed by atoms with Crippen molar-refractivity contribution in [3.05, 3.63) is 84.0 Å². The van der Waals surface area contributed by atoms with Crippen molar-refractivity contribution in [2.24, 2.45) is 0 Å². The van der Waals surface area contributed by atoms with Gasteiger partial charge in [0.15, 0.2) is 0 Å². The SMILES string of the molecule is C=C(C)C(=O)OCC(COC(=O)C(=C)C(C)(C)O)c1ccc(-c2ccc(CCCCC)cc2)cc1. The number of hydrogen-bond donors (Lipinski definition) is 1. The topological polar surface area (TPSA) is 72.8 Å². The highest BCUT2D eigenvalue weighted by Crippen LogP contribution is 2.25. The van der Waals surface area contributed by atoms with Gasteiger partial charge in [-0.15, -0.1) is 0 Å². The molecule has 0 aliphatic rings. The normalized spacial score (nSPS) is 12.0. The fraction of sp³-hybridized carbons (Fsp3) is 0.400. The van der Waals surface area contributed by atoms with E-state index in [-0.39, 0.29) is 24.7 Å². The third-order valence-electron chi connectivity index (χ3n) is 5.90. The Labute approximate surface area is 209 Å². The predicted molar refractivity (Wildman–Crippen MR) is 140 cm³/mol. The quantitative estimate of drug-likeness (QED) is 0.212. The molecule has 5 nitrogen and oxygen atoms in total. The van der Waals surface area contributed by atoms with Crippen molar-refractivity contribution in [3.63, 3.8) is 0 Å². The van der Waals surface area contributed by atoms with Crippen molar-refractivity contribution in [1.82, 2.24) is 0 Å². The second kappa shape index (κ2) is 13.1. The van der Waals surface area contributed by atoms with Crippen molar-refractivity contribution >= 4 is 11.9 Å². The number of esters is 2. The van der Waals surface area contributed by atoms with Crippen LogP contribution >= 0.6 is 0 Å². The Morgan fingerprint density at radius 2 is 1.40 bits per heavy atom. The minimum absolute atomic E-state index is 0.0246. The lowest BCUT2D eigenvalue weighted by Gasteiger charge is -2.22. The highest BCUT2D eigenvalue weighted by molar-refractivity contribution is 5.89. The minimum atomic E-state index is -1.38. The summed E-state index contributed by atoms with van der Waals surface area (Å²) in [7, 11) is 0. The van der Waals surface area contributed by atoms with E-state index in [2.05, 4.69) is 44.3 Å². The van der Waals surface area contributed by atoms with Crippen LogP contribution in [0, 0.1) is 0 Å². The van der Waals surface area contributed by atoms with Crippen molar-refractivity contribution in [2.75, 3.05) is 13.2 Å². The Morgan fingerprint density at radius 1 is 0.886 bits per heavy atom. The van der Waals surface area contributed by atoms with Gasteiger partial charge in [-0.25, -0.2) is 9.59 Å². The molecule has 0 bridgehead atoms. The Bertz CT molecular complexity index is 1010. The van der Waals surface area contributed by atoms with Crippen molar-refractivity contribution < 1.29 is 24.2 Å². The molecule has 2 rings (SSSR count). The van der Waals surface area contributed by atoms with Gasteiger partial charge in [0.2, 0.25) is 0 Å². The van der Waals surface area contributed by atoms with Gasteiger partial charge in [0, 0.05) is 5.57 Å². The first kappa shape index (κ1) is 28.1. The van der Waals surface area contributed by atoms with Gasteiger partial charge in [-0.3, -0.25) is 0 Å². The molecule has 5 heteroatoms. The van der Waals surface area contributed by atoms with Crippen molar-refractivity contribution in [2.45, 2.75) is 64.9 Å². The smallest absolute Gasteiger partial charge is 0.336 e. The maximum absolute atomic E-state index is 12.3. The van der Waals surface area contributed by atoms with Crippen LogP contribution in [0.4, 0.5) is 0 Å². The van der Waals surface area contributed by atoms with Gasteiger partial charge < -0.3 is 14.6 Å². The summed E-state index contributed by atoms with van der Waals surface area (Å²) in [6, 6.07) is 16.5. The zero-order chi connectivity index (χ0) is 26.0. The summed E-state index contributed by atoms with van der Waals surface area (Å²) < 4.78 is 10.7. The Kier molecular flexibility index (Phi) is 10.5. The average Bonchev–Trinajstić information content (AvgIpc) is 2.83. The number of carbonyl (C=O) groups is 2. The maximum atomic E-state index is 12.3. The number of unbranched alkanes of at least 4 members (excludes halogenated alkanes) is 2. The molecular formula is C30H38O5. The van der Waals surface area contributed by atoms with Gasteiger partial charge in [-0.1, -0.05) is 81.5 Å². The van der Waals surface area contributed by atoms with E-state index >= 15 is 0 Å². The summed E-state index contributed by atoms with van der Waals surface area (Å²) in [5.41, 5.74) is 3.27. The van der Waals surface area contributed by atoms with Crippen molar-refractivity contribution in [1.29, 1.82) is 0 Å². The summed E-state index contributed by atoms with van der Waals surface area (Å²) in [5.74, 6) is -1.57. The molecule has 0 saturated heterocycles. The highest BCUT2D eigenvalue weighted by atomic mass is 16.5. The minimum Gasteiger partial charge on any atom is -0.462 e. The van der Waals surface area contributed by atoms with E-state index in [1.807, 2.05) is 24.3 Å². The number of ether oxygens (including phenoxy) is 2. The molecule has 0 aliphatic heterocycles. The second-order valence-corrected chi connectivity index (χ2v) is 9.49.